The third-order valence-electron chi connectivity index (χ3n) is 5.54. The lowest BCUT2D eigenvalue weighted by Gasteiger charge is -2.05. The van der Waals surface area contributed by atoms with Gasteiger partial charge in [-0.15, -0.1) is 11.3 Å². The SMILES string of the molecule is CC1(C)C(CNCc2csc3ccccc23)C1(C)C. The van der Waals surface area contributed by atoms with Crippen LogP contribution in [0.1, 0.15) is 33.3 Å². The van der Waals surface area contributed by atoms with E-state index in [1.54, 1.807) is 0 Å². The maximum atomic E-state index is 3.66. The van der Waals surface area contributed by atoms with Gasteiger partial charge in [-0.25, -0.2) is 0 Å². The molecule has 3 rings (SSSR count). The lowest BCUT2D eigenvalue weighted by molar-refractivity contribution is 0.457. The maximum absolute atomic E-state index is 3.66. The summed E-state index contributed by atoms with van der Waals surface area (Å²) in [4.78, 5) is 0. The minimum Gasteiger partial charge on any atom is -0.312 e. The summed E-state index contributed by atoms with van der Waals surface area (Å²) in [6.45, 7) is 11.7. The van der Waals surface area contributed by atoms with E-state index in [-0.39, 0.29) is 0 Å². The first-order valence-corrected chi connectivity index (χ1v) is 7.98. The van der Waals surface area contributed by atoms with Crippen molar-refractivity contribution in [2.45, 2.75) is 34.2 Å². The summed E-state index contributed by atoms with van der Waals surface area (Å²) in [5.41, 5.74) is 2.41. The van der Waals surface area contributed by atoms with E-state index in [0.717, 1.165) is 19.0 Å². The Labute approximate surface area is 120 Å². The van der Waals surface area contributed by atoms with Crippen LogP contribution in [0.4, 0.5) is 0 Å². The molecule has 0 saturated heterocycles. The van der Waals surface area contributed by atoms with Gasteiger partial charge < -0.3 is 5.32 Å². The molecule has 0 unspecified atom stereocenters. The van der Waals surface area contributed by atoms with Crippen molar-refractivity contribution in [3.63, 3.8) is 0 Å². The Morgan fingerprint density at radius 1 is 1.11 bits per heavy atom. The molecule has 0 atom stereocenters. The lowest BCUT2D eigenvalue weighted by Crippen LogP contribution is -2.18. The summed E-state index contributed by atoms with van der Waals surface area (Å²) in [5.74, 6) is 0.796. The van der Waals surface area contributed by atoms with Crippen molar-refractivity contribution in [2.24, 2.45) is 16.7 Å². The second-order valence-electron chi connectivity index (χ2n) is 6.88. The highest BCUT2D eigenvalue weighted by Crippen LogP contribution is 2.67. The molecular weight excluding hydrogens is 250 g/mol. The van der Waals surface area contributed by atoms with Gasteiger partial charge in [0.15, 0.2) is 0 Å². The zero-order valence-electron chi connectivity index (χ0n) is 12.3. The van der Waals surface area contributed by atoms with Crippen molar-refractivity contribution < 1.29 is 0 Å². The summed E-state index contributed by atoms with van der Waals surface area (Å²) in [7, 11) is 0. The van der Waals surface area contributed by atoms with Gasteiger partial charge in [0.05, 0.1) is 0 Å². The number of thiophene rings is 1. The van der Waals surface area contributed by atoms with Gasteiger partial charge in [0, 0.05) is 11.2 Å². The lowest BCUT2D eigenvalue weighted by atomic mass is 10.0. The van der Waals surface area contributed by atoms with Crippen molar-refractivity contribution in [2.75, 3.05) is 6.54 Å². The molecular formula is C17H23NS. The number of rotatable bonds is 4. The van der Waals surface area contributed by atoms with Crippen LogP contribution in [0.25, 0.3) is 10.1 Å². The van der Waals surface area contributed by atoms with Crippen LogP contribution in [0, 0.1) is 16.7 Å². The minimum atomic E-state index is 0.483. The molecule has 2 aromatic rings. The molecule has 1 nitrogen and oxygen atoms in total. The van der Waals surface area contributed by atoms with Gasteiger partial charge >= 0.3 is 0 Å². The zero-order valence-corrected chi connectivity index (χ0v) is 13.1. The highest BCUT2D eigenvalue weighted by atomic mass is 32.1. The fourth-order valence-corrected chi connectivity index (χ4v) is 4.33. The molecule has 0 bridgehead atoms. The topological polar surface area (TPSA) is 12.0 Å². The Hall–Kier alpha value is -0.860. The molecule has 19 heavy (non-hydrogen) atoms. The largest absolute Gasteiger partial charge is 0.312 e. The molecule has 0 aliphatic heterocycles. The first-order valence-electron chi connectivity index (χ1n) is 7.10. The van der Waals surface area contributed by atoms with Gasteiger partial charge in [0.1, 0.15) is 0 Å². The van der Waals surface area contributed by atoms with Crippen molar-refractivity contribution in [3.05, 3.63) is 35.2 Å². The van der Waals surface area contributed by atoms with Crippen LogP contribution in [-0.2, 0) is 6.54 Å². The van der Waals surface area contributed by atoms with Crippen LogP contribution < -0.4 is 5.32 Å². The van der Waals surface area contributed by atoms with Crippen LogP contribution in [0.2, 0.25) is 0 Å². The van der Waals surface area contributed by atoms with E-state index in [1.807, 2.05) is 11.3 Å². The average molecular weight is 273 g/mol. The van der Waals surface area contributed by atoms with Gasteiger partial charge in [-0.1, -0.05) is 45.9 Å². The van der Waals surface area contributed by atoms with Crippen LogP contribution in [0.15, 0.2) is 29.6 Å². The van der Waals surface area contributed by atoms with Crippen molar-refractivity contribution in [3.8, 4) is 0 Å². The second-order valence-corrected chi connectivity index (χ2v) is 7.80. The molecule has 1 fully saturated rings. The fraction of sp³-hybridized carbons (Fsp3) is 0.529. The monoisotopic (exact) mass is 273 g/mol. The molecule has 0 amide bonds. The highest BCUT2D eigenvalue weighted by molar-refractivity contribution is 7.17. The summed E-state index contributed by atoms with van der Waals surface area (Å²) in [6.07, 6.45) is 0. The van der Waals surface area contributed by atoms with E-state index in [2.05, 4.69) is 62.7 Å². The van der Waals surface area contributed by atoms with E-state index < -0.39 is 0 Å². The molecule has 0 radical (unpaired) electrons. The Morgan fingerprint density at radius 2 is 1.79 bits per heavy atom. The first-order chi connectivity index (χ1) is 8.94. The Morgan fingerprint density at radius 3 is 2.47 bits per heavy atom. The molecule has 1 aromatic heterocycles. The van der Waals surface area contributed by atoms with E-state index in [0.29, 0.717) is 10.8 Å². The molecule has 1 saturated carbocycles. The predicted molar refractivity (Wildman–Crippen MR) is 84.6 cm³/mol. The smallest absolute Gasteiger partial charge is 0.0346 e. The molecule has 1 aliphatic rings. The van der Waals surface area contributed by atoms with Crippen LogP contribution in [0.3, 0.4) is 0 Å². The molecule has 2 heteroatoms. The molecule has 1 heterocycles. The van der Waals surface area contributed by atoms with E-state index >= 15 is 0 Å². The third kappa shape index (κ3) is 2.02. The van der Waals surface area contributed by atoms with Gasteiger partial charge in [0.25, 0.3) is 0 Å². The summed E-state index contributed by atoms with van der Waals surface area (Å²) in [5, 5.41) is 7.36. The van der Waals surface area contributed by atoms with Crippen molar-refractivity contribution in [1.29, 1.82) is 0 Å². The van der Waals surface area contributed by atoms with Crippen LogP contribution in [0.5, 0.6) is 0 Å². The van der Waals surface area contributed by atoms with Crippen LogP contribution in [-0.4, -0.2) is 6.54 Å². The van der Waals surface area contributed by atoms with Gasteiger partial charge in [-0.2, -0.15) is 0 Å². The summed E-state index contributed by atoms with van der Waals surface area (Å²) >= 11 is 1.85. The van der Waals surface area contributed by atoms with E-state index in [9.17, 15) is 0 Å². The second kappa shape index (κ2) is 4.32. The molecule has 1 aromatic carbocycles. The molecule has 1 N–H and O–H groups in total. The fourth-order valence-electron chi connectivity index (χ4n) is 3.36. The summed E-state index contributed by atoms with van der Waals surface area (Å²) < 4.78 is 1.39. The predicted octanol–water partition coefficient (Wildman–Crippen LogP) is 4.67. The van der Waals surface area contributed by atoms with Crippen molar-refractivity contribution in [1.82, 2.24) is 5.32 Å². The van der Waals surface area contributed by atoms with Gasteiger partial charge in [0.2, 0.25) is 0 Å². The third-order valence-corrected chi connectivity index (χ3v) is 6.56. The Bertz CT molecular complexity index is 580. The Balaban J connectivity index is 1.62. The maximum Gasteiger partial charge on any atom is 0.0346 e. The minimum absolute atomic E-state index is 0.483. The number of benzene rings is 1. The first kappa shape index (κ1) is 13.1. The molecule has 102 valence electrons. The van der Waals surface area contributed by atoms with Crippen molar-refractivity contribution >= 4 is 21.4 Å². The van der Waals surface area contributed by atoms with Gasteiger partial charge in [-0.3, -0.25) is 0 Å². The standard InChI is InChI=1S/C17H23NS/c1-16(2)15(17(16,3)4)10-18-9-12-11-19-14-8-6-5-7-13(12)14/h5-8,11,15,18H,9-10H2,1-4H3. The average Bonchev–Trinajstić information content (AvgIpc) is 2.68. The number of hydrogen-bond donors (Lipinski definition) is 1. The Kier molecular flexibility index (Phi) is 2.99. The number of hydrogen-bond acceptors (Lipinski definition) is 2. The van der Waals surface area contributed by atoms with Gasteiger partial charge in [-0.05, 0) is 45.7 Å². The quantitative estimate of drug-likeness (QED) is 0.853. The number of nitrogens with one attached hydrogen (secondary N) is 1. The highest BCUT2D eigenvalue weighted by Gasteiger charge is 2.63. The van der Waals surface area contributed by atoms with E-state index in [1.165, 1.54) is 15.6 Å². The number of fused-ring (bicyclic) bond motifs is 1. The molecule has 0 spiro atoms. The summed E-state index contributed by atoms with van der Waals surface area (Å²) in [6, 6.07) is 8.68. The van der Waals surface area contributed by atoms with E-state index in [4.69, 9.17) is 0 Å². The molecule has 1 aliphatic carbocycles. The van der Waals surface area contributed by atoms with Crippen LogP contribution >= 0.6 is 11.3 Å². The zero-order chi connectivity index (χ0) is 13.7. The normalized spacial score (nSPS) is 20.8.